The quantitative estimate of drug-likeness (QED) is 0.446. The van der Waals surface area contributed by atoms with Gasteiger partial charge in [0.25, 0.3) is 17.7 Å². The molecule has 1 unspecified atom stereocenters. The normalized spacial score (nSPS) is 21.9. The van der Waals surface area contributed by atoms with Gasteiger partial charge in [-0.15, -0.1) is 0 Å². The molecule has 3 fully saturated rings. The van der Waals surface area contributed by atoms with E-state index in [4.69, 9.17) is 0 Å². The van der Waals surface area contributed by atoms with Crippen molar-refractivity contribution in [2.45, 2.75) is 90.8 Å². The highest BCUT2D eigenvalue weighted by atomic mass is 16.2. The molecule has 5 aliphatic rings. The van der Waals surface area contributed by atoms with E-state index in [-0.39, 0.29) is 47.7 Å². The van der Waals surface area contributed by atoms with Gasteiger partial charge in [0.15, 0.2) is 0 Å². The summed E-state index contributed by atoms with van der Waals surface area (Å²) in [7, 11) is 1.38. The summed E-state index contributed by atoms with van der Waals surface area (Å²) < 4.78 is 1.97. The average molecular weight is 685 g/mol. The zero-order valence-corrected chi connectivity index (χ0v) is 29.6. The molecule has 0 aliphatic carbocycles. The van der Waals surface area contributed by atoms with Gasteiger partial charge in [-0.2, -0.15) is 5.10 Å². The Morgan fingerprint density at radius 2 is 1.66 bits per heavy atom. The van der Waals surface area contributed by atoms with Crippen molar-refractivity contribution in [3.05, 3.63) is 59.1 Å². The lowest BCUT2D eigenvalue weighted by atomic mass is 9.93. The first-order chi connectivity index (χ1) is 24.2. The van der Waals surface area contributed by atoms with Gasteiger partial charge in [-0.25, -0.2) is 4.99 Å². The fourth-order valence-corrected chi connectivity index (χ4v) is 7.59. The van der Waals surface area contributed by atoms with E-state index in [0.717, 1.165) is 72.8 Å². The first kappa shape index (κ1) is 35.0. The van der Waals surface area contributed by atoms with E-state index in [0.29, 0.717) is 25.3 Å². The lowest BCUT2D eigenvalue weighted by Gasteiger charge is -2.38. The number of aromatic nitrogens is 2. The standard InChI is InChI=1S/C35H42N8O5.C2H6/c1-22-6-8-29(37-18-22)40-14-10-24(11-15-40)32(45)41-16-12-25(13-17-41)42-21-23(20-38-42)19-36-27-5-3-4-26-31(27)35(48)43(33(26)46)28-7-9-30(44)39(2)34(28)47;1-2/h3-5,18,20-21,24-25,28,36H,6-17,19H2,1-2H3;1-2H3. The van der Waals surface area contributed by atoms with Crippen LogP contribution in [-0.2, 0) is 20.9 Å². The van der Waals surface area contributed by atoms with Gasteiger partial charge < -0.3 is 15.1 Å². The van der Waals surface area contributed by atoms with Gasteiger partial charge in [-0.3, -0.25) is 38.5 Å². The number of nitrogens with one attached hydrogen (secondary N) is 1. The van der Waals surface area contributed by atoms with E-state index >= 15 is 0 Å². The smallest absolute Gasteiger partial charge is 0.264 e. The van der Waals surface area contributed by atoms with Crippen molar-refractivity contribution in [3.63, 3.8) is 0 Å². The van der Waals surface area contributed by atoms with Crippen LogP contribution in [0.1, 0.15) is 104 Å². The van der Waals surface area contributed by atoms with Crippen LogP contribution >= 0.6 is 0 Å². The number of nitrogens with zero attached hydrogens (tertiary/aromatic N) is 7. The SMILES string of the molecule is CC.CC1=CN=C(N2CCC(C(=O)N3CCC(n4cc(CNc5cccc6c5C(=O)N(C5CCC(=O)N(C)C5=O)C6=O)cn4)CC3)CC2)CC1. The maximum absolute atomic E-state index is 13.5. The summed E-state index contributed by atoms with van der Waals surface area (Å²) in [5.74, 6) is -0.418. The minimum Gasteiger partial charge on any atom is -0.380 e. The molecule has 6 heterocycles. The molecule has 2 aromatic rings. The van der Waals surface area contributed by atoms with E-state index in [2.05, 4.69) is 27.2 Å². The van der Waals surface area contributed by atoms with Crippen LogP contribution < -0.4 is 5.32 Å². The van der Waals surface area contributed by atoms with Crippen LogP contribution in [-0.4, -0.2) is 104 Å². The second-order valence-corrected chi connectivity index (χ2v) is 13.6. The zero-order chi connectivity index (χ0) is 35.5. The van der Waals surface area contributed by atoms with Crippen molar-refractivity contribution in [1.29, 1.82) is 0 Å². The summed E-state index contributed by atoms with van der Waals surface area (Å²) in [6, 6.07) is 4.24. The number of rotatable bonds is 6. The Kier molecular flexibility index (Phi) is 10.5. The van der Waals surface area contributed by atoms with Crippen LogP contribution in [0.5, 0.6) is 0 Å². The number of amides is 5. The Balaban J connectivity index is 0.00000212. The molecule has 1 N–H and O–H groups in total. The average Bonchev–Trinajstić information content (AvgIpc) is 3.73. The number of hydrogen-bond donors (Lipinski definition) is 1. The van der Waals surface area contributed by atoms with E-state index in [9.17, 15) is 24.0 Å². The van der Waals surface area contributed by atoms with Crippen molar-refractivity contribution in [2.75, 3.05) is 38.5 Å². The molecule has 7 rings (SSSR count). The van der Waals surface area contributed by atoms with E-state index < -0.39 is 23.8 Å². The number of carbonyl (C=O) groups excluding carboxylic acids is 5. The van der Waals surface area contributed by atoms with Gasteiger partial charge in [-0.1, -0.05) is 25.5 Å². The van der Waals surface area contributed by atoms with Crippen LogP contribution in [0.2, 0.25) is 0 Å². The third-order valence-electron chi connectivity index (χ3n) is 10.6. The second-order valence-electron chi connectivity index (χ2n) is 13.6. The van der Waals surface area contributed by atoms with Gasteiger partial charge in [0.2, 0.25) is 11.8 Å². The monoisotopic (exact) mass is 684 g/mol. The second kappa shape index (κ2) is 15.0. The number of fused-ring (bicyclic) bond motifs is 1. The van der Waals surface area contributed by atoms with Crippen molar-refractivity contribution < 1.29 is 24.0 Å². The number of likely N-dealkylation sites (tertiary alicyclic amines) is 3. The Labute approximate surface area is 293 Å². The van der Waals surface area contributed by atoms with Crippen molar-refractivity contribution in [2.24, 2.45) is 10.9 Å². The molecule has 266 valence electrons. The number of hydrogen-bond acceptors (Lipinski definition) is 9. The number of imide groups is 2. The summed E-state index contributed by atoms with van der Waals surface area (Å²) in [5, 5.41) is 7.91. The lowest BCUT2D eigenvalue weighted by Crippen LogP contribution is -2.54. The Bertz CT molecular complexity index is 1710. The largest absolute Gasteiger partial charge is 0.380 e. The molecule has 5 aliphatic heterocycles. The number of likely N-dealkylation sites (N-methyl/N-ethyl adjacent to an activating group) is 1. The fraction of sp³-hybridized carbons (Fsp3) is 0.541. The summed E-state index contributed by atoms with van der Waals surface area (Å²) in [5.41, 5.74) is 3.22. The Hall–Kier alpha value is -4.81. The van der Waals surface area contributed by atoms with Gasteiger partial charge in [0.05, 0.1) is 23.4 Å². The predicted molar refractivity (Wildman–Crippen MR) is 188 cm³/mol. The number of carbonyl (C=O) groups is 5. The van der Waals surface area contributed by atoms with Crippen molar-refractivity contribution >= 4 is 41.1 Å². The summed E-state index contributed by atoms with van der Waals surface area (Å²) in [6.45, 7) is 9.70. The number of benzene rings is 1. The molecule has 1 aromatic heterocycles. The molecule has 1 aromatic carbocycles. The molecule has 1 atom stereocenters. The maximum Gasteiger partial charge on any atom is 0.264 e. The van der Waals surface area contributed by atoms with E-state index in [1.807, 2.05) is 35.8 Å². The molecule has 13 heteroatoms. The predicted octanol–water partition coefficient (Wildman–Crippen LogP) is 4.24. The molecule has 3 saturated heterocycles. The molecule has 0 bridgehead atoms. The van der Waals surface area contributed by atoms with Gasteiger partial charge in [-0.05, 0) is 57.6 Å². The number of allylic oxidation sites excluding steroid dienone is 1. The number of aliphatic imine (C=N–C) groups is 1. The van der Waals surface area contributed by atoms with Gasteiger partial charge in [0, 0.05) is 82.2 Å². The first-order valence-corrected chi connectivity index (χ1v) is 18.0. The highest BCUT2D eigenvalue weighted by Gasteiger charge is 2.47. The molecule has 13 nitrogen and oxygen atoms in total. The third kappa shape index (κ3) is 6.82. The van der Waals surface area contributed by atoms with Gasteiger partial charge >= 0.3 is 0 Å². The molecular weight excluding hydrogens is 636 g/mol. The van der Waals surface area contributed by atoms with E-state index in [1.54, 1.807) is 24.4 Å². The highest BCUT2D eigenvalue weighted by Crippen LogP contribution is 2.34. The Morgan fingerprint density at radius 3 is 2.36 bits per heavy atom. The lowest BCUT2D eigenvalue weighted by molar-refractivity contribution is -0.149. The molecule has 0 radical (unpaired) electrons. The molecule has 50 heavy (non-hydrogen) atoms. The highest BCUT2D eigenvalue weighted by molar-refractivity contribution is 6.25. The van der Waals surface area contributed by atoms with Gasteiger partial charge in [0.1, 0.15) is 11.9 Å². The number of amidine groups is 1. The van der Waals surface area contributed by atoms with Crippen molar-refractivity contribution in [1.82, 2.24) is 29.4 Å². The van der Waals surface area contributed by atoms with Crippen LogP contribution in [0.4, 0.5) is 5.69 Å². The molecule has 0 saturated carbocycles. The minimum atomic E-state index is -0.995. The number of anilines is 1. The van der Waals surface area contributed by atoms with Crippen LogP contribution in [0.3, 0.4) is 0 Å². The summed E-state index contributed by atoms with van der Waals surface area (Å²) in [4.78, 5) is 75.9. The van der Waals surface area contributed by atoms with Crippen LogP contribution in [0.15, 0.2) is 47.4 Å². The molecule has 5 amide bonds. The zero-order valence-electron chi connectivity index (χ0n) is 29.6. The third-order valence-corrected chi connectivity index (χ3v) is 10.6. The minimum absolute atomic E-state index is 0.0732. The summed E-state index contributed by atoms with van der Waals surface area (Å²) in [6.07, 6.45) is 11.4. The first-order valence-electron chi connectivity index (χ1n) is 18.0. The fourth-order valence-electron chi connectivity index (χ4n) is 7.59. The maximum atomic E-state index is 13.5. The number of piperidine rings is 3. The Morgan fingerprint density at radius 1 is 0.920 bits per heavy atom. The molecule has 0 spiro atoms. The van der Waals surface area contributed by atoms with Crippen LogP contribution in [0, 0.1) is 5.92 Å². The van der Waals surface area contributed by atoms with E-state index in [1.165, 1.54) is 12.6 Å². The van der Waals surface area contributed by atoms with Crippen molar-refractivity contribution in [3.8, 4) is 0 Å². The summed E-state index contributed by atoms with van der Waals surface area (Å²) >= 11 is 0. The topological polar surface area (TPSA) is 141 Å². The molecular formula is C37H48N8O5. The van der Waals surface area contributed by atoms with Crippen LogP contribution in [0.25, 0.3) is 0 Å².